The highest BCUT2D eigenvalue weighted by Gasteiger charge is 2.02. The molecule has 2 aromatic carbocycles. The van der Waals surface area contributed by atoms with Crippen molar-refractivity contribution in [1.82, 2.24) is 4.98 Å². The molecule has 0 amide bonds. The molecule has 0 aliphatic rings. The molecule has 0 N–H and O–H groups in total. The molecular weight excluding hydrogens is 358 g/mol. The normalized spacial score (nSPS) is 10.5. The van der Waals surface area contributed by atoms with E-state index in [4.69, 9.17) is 0 Å². The van der Waals surface area contributed by atoms with Gasteiger partial charge in [-0.05, 0) is 48.6 Å². The van der Waals surface area contributed by atoms with Crippen LogP contribution in [0.3, 0.4) is 0 Å². The highest BCUT2D eigenvalue weighted by molar-refractivity contribution is 9.10. The molecule has 3 rings (SSSR count). The number of halogens is 1. The van der Waals surface area contributed by atoms with E-state index < -0.39 is 0 Å². The molecule has 1 nitrogen and oxygen atoms in total. The fraction of sp³-hybridized carbons (Fsp3) is 0.136. The number of hydrogen-bond donors (Lipinski definition) is 0. The average Bonchev–Trinajstić information content (AvgIpc) is 2.63. The minimum absolute atomic E-state index is 0.993. The van der Waals surface area contributed by atoms with Crippen LogP contribution in [-0.2, 0) is 6.42 Å². The molecule has 2 heteroatoms. The third kappa shape index (κ3) is 4.21. The van der Waals surface area contributed by atoms with Crippen LogP contribution in [0.2, 0.25) is 0 Å². The lowest BCUT2D eigenvalue weighted by molar-refractivity contribution is 0.844. The van der Waals surface area contributed by atoms with Gasteiger partial charge in [-0.3, -0.25) is 4.98 Å². The molecular formula is C22H20BrN. The van der Waals surface area contributed by atoms with Gasteiger partial charge in [-0.25, -0.2) is 0 Å². The molecule has 1 aromatic heterocycles. The Bertz CT molecular complexity index is 787. The fourth-order valence-corrected chi connectivity index (χ4v) is 2.93. The number of rotatable bonds is 6. The van der Waals surface area contributed by atoms with E-state index >= 15 is 0 Å². The molecule has 0 aliphatic heterocycles. The molecule has 120 valence electrons. The van der Waals surface area contributed by atoms with Gasteiger partial charge in [0.25, 0.3) is 0 Å². The van der Waals surface area contributed by atoms with E-state index in [9.17, 15) is 0 Å². The summed E-state index contributed by atoms with van der Waals surface area (Å²) < 4.78 is 1.08. The molecule has 1 heterocycles. The predicted octanol–water partition coefficient (Wildman–Crippen LogP) is 6.69. The zero-order valence-electron chi connectivity index (χ0n) is 13.6. The van der Waals surface area contributed by atoms with Gasteiger partial charge in [0.15, 0.2) is 0 Å². The number of unbranched alkanes of at least 4 members (excludes halogenated alkanes) is 1. The van der Waals surface area contributed by atoms with E-state index in [0.717, 1.165) is 40.6 Å². The first-order valence-electron chi connectivity index (χ1n) is 8.18. The first-order valence-corrected chi connectivity index (χ1v) is 8.98. The lowest BCUT2D eigenvalue weighted by Gasteiger charge is -2.06. The summed E-state index contributed by atoms with van der Waals surface area (Å²) in [6, 6.07) is 21.2. The maximum absolute atomic E-state index is 4.61. The summed E-state index contributed by atoms with van der Waals surface area (Å²) in [6.07, 6.45) is 7.26. The number of pyridine rings is 1. The number of hydrogen-bond acceptors (Lipinski definition) is 1. The van der Waals surface area contributed by atoms with Crippen molar-refractivity contribution in [3.8, 4) is 22.4 Å². The quantitative estimate of drug-likeness (QED) is 0.344. The Labute approximate surface area is 152 Å². The van der Waals surface area contributed by atoms with E-state index in [1.54, 1.807) is 0 Å². The van der Waals surface area contributed by atoms with Gasteiger partial charge in [-0.1, -0.05) is 64.5 Å². The zero-order chi connectivity index (χ0) is 16.8. The molecule has 0 aliphatic carbocycles. The second-order valence-electron chi connectivity index (χ2n) is 5.82. The van der Waals surface area contributed by atoms with Crippen molar-refractivity contribution in [3.05, 3.63) is 89.6 Å². The highest BCUT2D eigenvalue weighted by atomic mass is 79.9. The van der Waals surface area contributed by atoms with Gasteiger partial charge in [0.05, 0.1) is 5.69 Å². The Morgan fingerprint density at radius 1 is 0.833 bits per heavy atom. The van der Waals surface area contributed by atoms with Crippen LogP contribution in [0, 0.1) is 0 Å². The summed E-state index contributed by atoms with van der Waals surface area (Å²) >= 11 is 3.46. The number of aromatic nitrogens is 1. The second-order valence-corrected chi connectivity index (χ2v) is 6.73. The molecule has 0 atom stereocenters. The van der Waals surface area contributed by atoms with Crippen LogP contribution < -0.4 is 0 Å². The second kappa shape index (κ2) is 8.07. The van der Waals surface area contributed by atoms with Gasteiger partial charge in [-0.15, -0.1) is 6.58 Å². The Morgan fingerprint density at radius 2 is 1.50 bits per heavy atom. The largest absolute Gasteiger partial charge is 0.256 e. The summed E-state index contributed by atoms with van der Waals surface area (Å²) in [5.74, 6) is 0. The Balaban J connectivity index is 1.73. The lowest BCUT2D eigenvalue weighted by Crippen LogP contribution is -1.87. The van der Waals surface area contributed by atoms with Crippen molar-refractivity contribution < 1.29 is 0 Å². The van der Waals surface area contributed by atoms with E-state index in [0.29, 0.717) is 0 Å². The number of benzene rings is 2. The molecule has 0 fully saturated rings. The molecule has 3 aromatic rings. The van der Waals surface area contributed by atoms with Crippen LogP contribution >= 0.6 is 15.9 Å². The van der Waals surface area contributed by atoms with E-state index in [1.807, 2.05) is 24.4 Å². The minimum Gasteiger partial charge on any atom is -0.256 e. The van der Waals surface area contributed by atoms with Crippen molar-refractivity contribution >= 4 is 15.9 Å². The van der Waals surface area contributed by atoms with Crippen LogP contribution in [0.25, 0.3) is 22.4 Å². The summed E-state index contributed by atoms with van der Waals surface area (Å²) in [6.45, 7) is 3.77. The van der Waals surface area contributed by atoms with Crippen molar-refractivity contribution in [2.24, 2.45) is 0 Å². The fourth-order valence-electron chi connectivity index (χ4n) is 2.67. The molecule has 0 saturated heterocycles. The Kier molecular flexibility index (Phi) is 5.60. The topological polar surface area (TPSA) is 12.9 Å². The van der Waals surface area contributed by atoms with Crippen LogP contribution in [0.5, 0.6) is 0 Å². The molecule has 0 radical (unpaired) electrons. The van der Waals surface area contributed by atoms with Gasteiger partial charge in [0, 0.05) is 21.8 Å². The average molecular weight is 378 g/mol. The number of aryl methyl sites for hydroxylation is 1. The van der Waals surface area contributed by atoms with Crippen LogP contribution in [0.1, 0.15) is 18.4 Å². The molecule has 0 unspecified atom stereocenters. The standard InChI is InChI=1S/C22H20BrN/c1-2-3-4-5-17-6-8-18(9-7-17)20-12-15-22(24-16-20)19-10-13-21(23)14-11-19/h2,6-16H,1,3-5H2. The van der Waals surface area contributed by atoms with Gasteiger partial charge in [0.2, 0.25) is 0 Å². The number of nitrogens with zero attached hydrogens (tertiary/aromatic N) is 1. The maximum Gasteiger partial charge on any atom is 0.0702 e. The predicted molar refractivity (Wildman–Crippen MR) is 106 cm³/mol. The maximum atomic E-state index is 4.61. The van der Waals surface area contributed by atoms with Gasteiger partial charge >= 0.3 is 0 Å². The Hall–Kier alpha value is -2.19. The number of allylic oxidation sites excluding steroid dienone is 1. The zero-order valence-corrected chi connectivity index (χ0v) is 15.2. The first-order chi connectivity index (χ1) is 11.8. The smallest absolute Gasteiger partial charge is 0.0702 e. The van der Waals surface area contributed by atoms with Crippen LogP contribution in [0.4, 0.5) is 0 Å². The van der Waals surface area contributed by atoms with E-state index in [1.165, 1.54) is 11.1 Å². The van der Waals surface area contributed by atoms with Crippen LogP contribution in [-0.4, -0.2) is 4.98 Å². The summed E-state index contributed by atoms with van der Waals surface area (Å²) in [4.78, 5) is 4.61. The monoisotopic (exact) mass is 377 g/mol. The highest BCUT2D eigenvalue weighted by Crippen LogP contribution is 2.24. The first kappa shape index (κ1) is 16.7. The third-order valence-corrected chi connectivity index (χ3v) is 4.59. The molecule has 0 spiro atoms. The molecule has 0 saturated carbocycles. The van der Waals surface area contributed by atoms with Gasteiger partial charge < -0.3 is 0 Å². The van der Waals surface area contributed by atoms with E-state index in [2.05, 4.69) is 76.0 Å². The molecule has 0 bridgehead atoms. The van der Waals surface area contributed by atoms with Crippen molar-refractivity contribution in [2.45, 2.75) is 19.3 Å². The van der Waals surface area contributed by atoms with Gasteiger partial charge in [0.1, 0.15) is 0 Å². The van der Waals surface area contributed by atoms with Gasteiger partial charge in [-0.2, -0.15) is 0 Å². The van der Waals surface area contributed by atoms with E-state index in [-0.39, 0.29) is 0 Å². The van der Waals surface area contributed by atoms with Crippen molar-refractivity contribution in [1.29, 1.82) is 0 Å². The van der Waals surface area contributed by atoms with Crippen molar-refractivity contribution in [2.75, 3.05) is 0 Å². The SMILES string of the molecule is C=CCCCc1ccc(-c2ccc(-c3ccc(Br)cc3)nc2)cc1. The van der Waals surface area contributed by atoms with Crippen molar-refractivity contribution in [3.63, 3.8) is 0 Å². The van der Waals surface area contributed by atoms with Crippen LogP contribution in [0.15, 0.2) is 84.0 Å². The summed E-state index contributed by atoms with van der Waals surface area (Å²) in [5, 5.41) is 0. The summed E-state index contributed by atoms with van der Waals surface area (Å²) in [5.41, 5.74) is 5.85. The molecule has 24 heavy (non-hydrogen) atoms. The Morgan fingerprint density at radius 3 is 2.12 bits per heavy atom. The lowest BCUT2D eigenvalue weighted by atomic mass is 10.0. The third-order valence-electron chi connectivity index (χ3n) is 4.06. The minimum atomic E-state index is 0.993. The summed E-state index contributed by atoms with van der Waals surface area (Å²) in [7, 11) is 0.